The van der Waals surface area contributed by atoms with E-state index in [1.807, 2.05) is 25.1 Å². The van der Waals surface area contributed by atoms with Gasteiger partial charge in [-0.15, -0.1) is 0 Å². The lowest BCUT2D eigenvalue weighted by Gasteiger charge is -2.01. The fraction of sp³-hybridized carbons (Fsp3) is 0.0714. The zero-order valence-corrected chi connectivity index (χ0v) is 10.2. The van der Waals surface area contributed by atoms with Crippen LogP contribution in [0, 0.1) is 6.92 Å². The molecular weight excluding hydrogens is 242 g/mol. The Morgan fingerprint density at radius 1 is 1.26 bits per heavy atom. The van der Waals surface area contributed by atoms with Crippen molar-refractivity contribution >= 4 is 16.9 Å². The number of pyridine rings is 1. The van der Waals surface area contributed by atoms with Crippen LogP contribution in [0.4, 0.5) is 0 Å². The maximum atomic E-state index is 11.0. The number of aromatic nitrogens is 3. The molecule has 0 aliphatic carbocycles. The van der Waals surface area contributed by atoms with E-state index < -0.39 is 5.97 Å². The third-order valence-corrected chi connectivity index (χ3v) is 2.98. The molecule has 5 heteroatoms. The standard InChI is InChI=1S/C14H11N3O2/c1-9-11-8-10(14(18)19)5-6-12(11)17(16-9)13-4-2-3-7-15-13/h2-8H,1H3,(H,18,19). The number of hydrogen-bond acceptors (Lipinski definition) is 3. The van der Waals surface area contributed by atoms with Crippen LogP contribution in [0.25, 0.3) is 16.7 Å². The van der Waals surface area contributed by atoms with Gasteiger partial charge in [-0.3, -0.25) is 0 Å². The third kappa shape index (κ3) is 1.85. The van der Waals surface area contributed by atoms with Crippen LogP contribution in [0.2, 0.25) is 0 Å². The van der Waals surface area contributed by atoms with E-state index in [0.29, 0.717) is 5.82 Å². The molecule has 2 aromatic heterocycles. The Hall–Kier alpha value is -2.69. The van der Waals surface area contributed by atoms with E-state index in [-0.39, 0.29) is 5.56 Å². The first-order chi connectivity index (χ1) is 9.16. The number of carboxylic acids is 1. The van der Waals surface area contributed by atoms with Crippen molar-refractivity contribution in [2.75, 3.05) is 0 Å². The number of hydrogen-bond donors (Lipinski definition) is 1. The van der Waals surface area contributed by atoms with Crippen LogP contribution in [0.1, 0.15) is 16.1 Å². The minimum atomic E-state index is -0.938. The summed E-state index contributed by atoms with van der Waals surface area (Å²) < 4.78 is 1.72. The molecular formula is C14H11N3O2. The van der Waals surface area contributed by atoms with Crippen LogP contribution in [0.5, 0.6) is 0 Å². The molecule has 19 heavy (non-hydrogen) atoms. The zero-order chi connectivity index (χ0) is 13.4. The fourth-order valence-electron chi connectivity index (χ4n) is 2.05. The molecule has 3 rings (SSSR count). The summed E-state index contributed by atoms with van der Waals surface area (Å²) >= 11 is 0. The molecule has 0 aliphatic rings. The molecule has 2 heterocycles. The number of nitrogens with zero attached hydrogens (tertiary/aromatic N) is 3. The summed E-state index contributed by atoms with van der Waals surface area (Å²) in [7, 11) is 0. The van der Waals surface area contributed by atoms with E-state index in [0.717, 1.165) is 16.6 Å². The van der Waals surface area contributed by atoms with Gasteiger partial charge < -0.3 is 5.11 Å². The molecule has 0 amide bonds. The lowest BCUT2D eigenvalue weighted by Crippen LogP contribution is -1.99. The van der Waals surface area contributed by atoms with E-state index in [1.54, 1.807) is 29.1 Å². The Kier molecular flexibility index (Phi) is 2.52. The summed E-state index contributed by atoms with van der Waals surface area (Å²) in [6.45, 7) is 1.85. The molecule has 0 bridgehead atoms. The monoisotopic (exact) mass is 253 g/mol. The van der Waals surface area contributed by atoms with Gasteiger partial charge in [0.2, 0.25) is 0 Å². The van der Waals surface area contributed by atoms with Gasteiger partial charge in [-0.1, -0.05) is 6.07 Å². The summed E-state index contributed by atoms with van der Waals surface area (Å²) in [6.07, 6.45) is 1.70. The Morgan fingerprint density at radius 2 is 2.11 bits per heavy atom. The van der Waals surface area contributed by atoms with Crippen molar-refractivity contribution in [2.45, 2.75) is 6.92 Å². The van der Waals surface area contributed by atoms with Crippen LogP contribution in [0.15, 0.2) is 42.6 Å². The molecule has 0 unspecified atom stereocenters. The number of rotatable bonds is 2. The molecule has 0 spiro atoms. The predicted octanol–water partition coefficient (Wildman–Crippen LogP) is 2.43. The average Bonchev–Trinajstić information content (AvgIpc) is 2.77. The van der Waals surface area contributed by atoms with E-state index >= 15 is 0 Å². The summed E-state index contributed by atoms with van der Waals surface area (Å²) in [4.78, 5) is 15.2. The number of aromatic carboxylic acids is 1. The second-order valence-corrected chi connectivity index (χ2v) is 4.22. The van der Waals surface area contributed by atoms with Crippen LogP contribution in [-0.2, 0) is 0 Å². The largest absolute Gasteiger partial charge is 0.478 e. The molecule has 1 aromatic carbocycles. The second-order valence-electron chi connectivity index (χ2n) is 4.22. The SMILES string of the molecule is Cc1nn(-c2ccccn2)c2ccc(C(=O)O)cc12. The minimum Gasteiger partial charge on any atom is -0.478 e. The lowest BCUT2D eigenvalue weighted by molar-refractivity contribution is 0.0697. The van der Waals surface area contributed by atoms with Crippen molar-refractivity contribution in [1.82, 2.24) is 14.8 Å². The van der Waals surface area contributed by atoms with Gasteiger partial charge in [0.15, 0.2) is 5.82 Å². The van der Waals surface area contributed by atoms with Gasteiger partial charge in [0.1, 0.15) is 0 Å². The van der Waals surface area contributed by atoms with Crippen LogP contribution in [0.3, 0.4) is 0 Å². The summed E-state index contributed by atoms with van der Waals surface area (Å²) in [5.74, 6) is -0.226. The smallest absolute Gasteiger partial charge is 0.335 e. The molecule has 0 atom stereocenters. The van der Waals surface area contributed by atoms with Crippen molar-refractivity contribution < 1.29 is 9.90 Å². The molecule has 94 valence electrons. The predicted molar refractivity (Wildman–Crippen MR) is 70.6 cm³/mol. The Balaban J connectivity index is 2.26. The van der Waals surface area contributed by atoms with Gasteiger partial charge in [-0.25, -0.2) is 14.5 Å². The lowest BCUT2D eigenvalue weighted by atomic mass is 10.1. The molecule has 0 aliphatic heterocycles. The second kappa shape index (κ2) is 4.20. The fourth-order valence-corrected chi connectivity index (χ4v) is 2.05. The highest BCUT2D eigenvalue weighted by atomic mass is 16.4. The number of carboxylic acid groups (broad SMARTS) is 1. The number of aryl methyl sites for hydroxylation is 1. The average molecular weight is 253 g/mol. The zero-order valence-electron chi connectivity index (χ0n) is 10.2. The van der Waals surface area contributed by atoms with E-state index in [4.69, 9.17) is 5.11 Å². The highest BCUT2D eigenvalue weighted by Gasteiger charge is 2.12. The summed E-state index contributed by atoms with van der Waals surface area (Å²) in [5.41, 5.74) is 1.89. The third-order valence-electron chi connectivity index (χ3n) is 2.98. The molecule has 3 aromatic rings. The maximum absolute atomic E-state index is 11.0. The van der Waals surface area contributed by atoms with Gasteiger partial charge in [-0.05, 0) is 37.3 Å². The van der Waals surface area contributed by atoms with E-state index in [9.17, 15) is 4.79 Å². The Bertz CT molecular complexity index is 763. The van der Waals surface area contributed by atoms with Gasteiger partial charge in [-0.2, -0.15) is 5.10 Å². The normalized spacial score (nSPS) is 10.8. The molecule has 1 N–H and O–H groups in total. The summed E-state index contributed by atoms with van der Waals surface area (Å²) in [6, 6.07) is 10.6. The Labute approximate surface area is 109 Å². The quantitative estimate of drug-likeness (QED) is 0.761. The van der Waals surface area contributed by atoms with E-state index in [2.05, 4.69) is 10.1 Å². The Morgan fingerprint density at radius 3 is 2.79 bits per heavy atom. The molecule has 0 fully saturated rings. The topological polar surface area (TPSA) is 68.0 Å². The molecule has 0 radical (unpaired) electrons. The molecule has 0 saturated carbocycles. The van der Waals surface area contributed by atoms with Crippen LogP contribution >= 0.6 is 0 Å². The van der Waals surface area contributed by atoms with Crippen molar-refractivity contribution in [3.8, 4) is 5.82 Å². The van der Waals surface area contributed by atoms with Crippen molar-refractivity contribution in [2.24, 2.45) is 0 Å². The van der Waals surface area contributed by atoms with Crippen molar-refractivity contribution in [1.29, 1.82) is 0 Å². The van der Waals surface area contributed by atoms with Gasteiger partial charge in [0, 0.05) is 11.6 Å². The maximum Gasteiger partial charge on any atom is 0.335 e. The van der Waals surface area contributed by atoms with E-state index in [1.165, 1.54) is 0 Å². The minimum absolute atomic E-state index is 0.260. The first-order valence-corrected chi connectivity index (χ1v) is 5.81. The van der Waals surface area contributed by atoms with Gasteiger partial charge in [0.25, 0.3) is 0 Å². The highest BCUT2D eigenvalue weighted by molar-refractivity contribution is 5.94. The van der Waals surface area contributed by atoms with Gasteiger partial charge >= 0.3 is 5.97 Å². The number of benzene rings is 1. The van der Waals surface area contributed by atoms with Crippen LogP contribution < -0.4 is 0 Å². The van der Waals surface area contributed by atoms with Crippen LogP contribution in [-0.4, -0.2) is 25.8 Å². The number of carbonyl (C=O) groups is 1. The van der Waals surface area contributed by atoms with Crippen molar-refractivity contribution in [3.05, 3.63) is 53.9 Å². The van der Waals surface area contributed by atoms with Gasteiger partial charge in [0.05, 0.1) is 16.8 Å². The number of fused-ring (bicyclic) bond motifs is 1. The first-order valence-electron chi connectivity index (χ1n) is 5.81. The first kappa shape index (κ1) is 11.4. The summed E-state index contributed by atoms with van der Waals surface area (Å²) in [5, 5.41) is 14.3. The molecule has 0 saturated heterocycles. The molecule has 5 nitrogen and oxygen atoms in total. The highest BCUT2D eigenvalue weighted by Crippen LogP contribution is 2.22. The van der Waals surface area contributed by atoms with Crippen molar-refractivity contribution in [3.63, 3.8) is 0 Å².